The van der Waals surface area contributed by atoms with Crippen LogP contribution in [0.3, 0.4) is 0 Å². The Morgan fingerprint density at radius 2 is 1.70 bits per heavy atom. The van der Waals surface area contributed by atoms with Crippen LogP contribution in [0.2, 0.25) is 0 Å². The maximum Gasteiger partial charge on any atom is 0.300 e. The monoisotopic (exact) mass is 368 g/mol. The van der Waals surface area contributed by atoms with Gasteiger partial charge in [0.25, 0.3) is 5.97 Å². The van der Waals surface area contributed by atoms with Crippen LogP contribution in [0.1, 0.15) is 29.8 Å². The fraction of sp³-hybridized carbons (Fsp3) is 0.286. The number of carboxylic acid groups (broad SMARTS) is 1. The maximum absolute atomic E-state index is 9.00. The molecule has 0 radical (unpaired) electrons. The predicted octanol–water partition coefficient (Wildman–Crippen LogP) is 3.51. The third-order valence-electron chi connectivity index (χ3n) is 4.61. The van der Waals surface area contributed by atoms with E-state index in [0.717, 1.165) is 36.9 Å². The van der Waals surface area contributed by atoms with E-state index in [9.17, 15) is 0 Å². The van der Waals surface area contributed by atoms with Crippen LogP contribution < -0.4 is 14.8 Å². The number of carbonyl (C=O) groups is 1. The molecule has 142 valence electrons. The fourth-order valence-corrected chi connectivity index (χ4v) is 3.41. The minimum absolute atomic E-state index is 0.183. The van der Waals surface area contributed by atoms with Crippen molar-refractivity contribution in [3.63, 3.8) is 0 Å². The predicted molar refractivity (Wildman–Crippen MR) is 105 cm³/mol. The third-order valence-corrected chi connectivity index (χ3v) is 4.61. The van der Waals surface area contributed by atoms with Gasteiger partial charge in [0.15, 0.2) is 0 Å². The highest BCUT2D eigenvalue weighted by Crippen LogP contribution is 2.35. The number of benzene rings is 2. The quantitative estimate of drug-likeness (QED) is 0.659. The summed E-state index contributed by atoms with van der Waals surface area (Å²) >= 11 is 0. The Bertz CT molecular complexity index is 927. The molecule has 4 rings (SSSR count). The molecule has 1 aliphatic heterocycles. The van der Waals surface area contributed by atoms with E-state index in [0.29, 0.717) is 0 Å². The number of aliphatic carboxylic acids is 1. The number of H-pyrrole nitrogens is 1. The van der Waals surface area contributed by atoms with E-state index in [-0.39, 0.29) is 6.04 Å². The molecular formula is C21H24N2O4. The summed E-state index contributed by atoms with van der Waals surface area (Å²) in [6.45, 7) is 2.05. The molecule has 1 unspecified atom stereocenters. The highest BCUT2D eigenvalue weighted by atomic mass is 16.5. The van der Waals surface area contributed by atoms with Gasteiger partial charge in [0.2, 0.25) is 0 Å². The van der Waals surface area contributed by atoms with Crippen molar-refractivity contribution >= 4 is 16.9 Å². The van der Waals surface area contributed by atoms with Crippen molar-refractivity contribution < 1.29 is 19.4 Å². The van der Waals surface area contributed by atoms with Crippen LogP contribution in [-0.2, 0) is 11.2 Å². The standard InChI is InChI=1S/C19H20N2O2.C2H4O2/c1-22-13-5-3-12(4-6-13)18-19-15(9-10-20-18)16-11-14(23-2)7-8-17(16)21-19;1-2(3)4/h3-8,11,18,20-21H,9-10H2,1-2H3;1H3,(H,3,4). The lowest BCUT2D eigenvalue weighted by atomic mass is 9.94. The highest BCUT2D eigenvalue weighted by Gasteiger charge is 2.25. The number of hydrogen-bond acceptors (Lipinski definition) is 4. The zero-order chi connectivity index (χ0) is 19.4. The summed E-state index contributed by atoms with van der Waals surface area (Å²) < 4.78 is 10.6. The summed E-state index contributed by atoms with van der Waals surface area (Å²) in [4.78, 5) is 12.6. The Kier molecular flexibility index (Phi) is 5.66. The number of fused-ring (bicyclic) bond motifs is 3. The van der Waals surface area contributed by atoms with E-state index >= 15 is 0 Å². The van der Waals surface area contributed by atoms with E-state index in [1.54, 1.807) is 14.2 Å². The van der Waals surface area contributed by atoms with E-state index < -0.39 is 5.97 Å². The van der Waals surface area contributed by atoms with Gasteiger partial charge >= 0.3 is 0 Å². The largest absolute Gasteiger partial charge is 0.497 e. The summed E-state index contributed by atoms with van der Waals surface area (Å²) in [6, 6.07) is 14.7. The molecule has 0 fully saturated rings. The molecule has 1 aromatic heterocycles. The number of aromatic amines is 1. The molecule has 6 nitrogen and oxygen atoms in total. The van der Waals surface area contributed by atoms with Crippen molar-refractivity contribution in [1.82, 2.24) is 10.3 Å². The molecule has 1 atom stereocenters. The lowest BCUT2D eigenvalue weighted by molar-refractivity contribution is -0.134. The zero-order valence-electron chi connectivity index (χ0n) is 15.7. The van der Waals surface area contributed by atoms with Gasteiger partial charge in [-0.25, -0.2) is 0 Å². The minimum atomic E-state index is -0.833. The molecule has 0 amide bonds. The second-order valence-corrected chi connectivity index (χ2v) is 6.36. The van der Waals surface area contributed by atoms with Crippen molar-refractivity contribution in [3.8, 4) is 11.5 Å². The van der Waals surface area contributed by atoms with Gasteiger partial charge in [0.05, 0.1) is 20.3 Å². The molecule has 0 bridgehead atoms. The molecule has 6 heteroatoms. The summed E-state index contributed by atoms with van der Waals surface area (Å²) in [5.41, 5.74) is 5.05. The molecule has 0 saturated heterocycles. The highest BCUT2D eigenvalue weighted by molar-refractivity contribution is 5.86. The number of methoxy groups -OCH3 is 2. The lowest BCUT2D eigenvalue weighted by Gasteiger charge is -2.25. The number of aromatic nitrogens is 1. The van der Waals surface area contributed by atoms with Crippen LogP contribution in [0.5, 0.6) is 11.5 Å². The first kappa shape index (κ1) is 18.8. The molecule has 1 aliphatic rings. The van der Waals surface area contributed by atoms with Crippen LogP contribution in [0.15, 0.2) is 42.5 Å². The van der Waals surface area contributed by atoms with Crippen molar-refractivity contribution in [2.75, 3.05) is 20.8 Å². The topological polar surface area (TPSA) is 83.6 Å². The number of carboxylic acids is 1. The smallest absolute Gasteiger partial charge is 0.300 e. The van der Waals surface area contributed by atoms with Crippen LogP contribution in [0.25, 0.3) is 10.9 Å². The van der Waals surface area contributed by atoms with Gasteiger partial charge in [-0.05, 0) is 47.9 Å². The number of nitrogens with one attached hydrogen (secondary N) is 2. The zero-order valence-corrected chi connectivity index (χ0v) is 15.7. The van der Waals surface area contributed by atoms with Crippen LogP contribution >= 0.6 is 0 Å². The molecule has 0 aliphatic carbocycles. The molecule has 27 heavy (non-hydrogen) atoms. The molecule has 3 N–H and O–H groups in total. The lowest BCUT2D eigenvalue weighted by Crippen LogP contribution is -2.30. The Balaban J connectivity index is 0.000000481. The van der Waals surface area contributed by atoms with Gasteiger partial charge < -0.3 is 24.9 Å². The van der Waals surface area contributed by atoms with Gasteiger partial charge in [-0.3, -0.25) is 4.79 Å². The Morgan fingerprint density at radius 3 is 2.33 bits per heavy atom. The summed E-state index contributed by atoms with van der Waals surface area (Å²) in [5, 5.41) is 12.3. The van der Waals surface area contributed by atoms with Gasteiger partial charge in [-0.2, -0.15) is 0 Å². The fourth-order valence-electron chi connectivity index (χ4n) is 3.41. The Hall–Kier alpha value is -2.99. The second-order valence-electron chi connectivity index (χ2n) is 6.36. The summed E-state index contributed by atoms with van der Waals surface area (Å²) in [6.07, 6.45) is 1.02. The minimum Gasteiger partial charge on any atom is -0.497 e. The summed E-state index contributed by atoms with van der Waals surface area (Å²) in [5.74, 6) is 0.949. The van der Waals surface area contributed by atoms with Crippen LogP contribution in [0, 0.1) is 0 Å². The van der Waals surface area contributed by atoms with Crippen molar-refractivity contribution in [3.05, 3.63) is 59.3 Å². The van der Waals surface area contributed by atoms with E-state index in [2.05, 4.69) is 34.6 Å². The summed E-state index contributed by atoms with van der Waals surface area (Å²) in [7, 11) is 3.40. The average Bonchev–Trinajstić information content (AvgIpc) is 3.05. The van der Waals surface area contributed by atoms with Gasteiger partial charge in [0, 0.05) is 30.1 Å². The van der Waals surface area contributed by atoms with Crippen LogP contribution in [0.4, 0.5) is 0 Å². The molecular weight excluding hydrogens is 344 g/mol. The van der Waals surface area contributed by atoms with Crippen molar-refractivity contribution in [2.45, 2.75) is 19.4 Å². The Morgan fingerprint density at radius 1 is 1.07 bits per heavy atom. The van der Waals surface area contributed by atoms with E-state index in [1.165, 1.54) is 22.2 Å². The van der Waals surface area contributed by atoms with Gasteiger partial charge in [-0.15, -0.1) is 0 Å². The third kappa shape index (κ3) is 4.06. The van der Waals surface area contributed by atoms with E-state index in [4.69, 9.17) is 19.4 Å². The maximum atomic E-state index is 9.00. The number of rotatable bonds is 3. The molecule has 3 aromatic rings. The SMILES string of the molecule is CC(=O)O.COc1ccc(C2NCCc3c2[nH]c2ccc(OC)cc32)cc1. The first-order valence-corrected chi connectivity index (χ1v) is 8.79. The van der Waals surface area contributed by atoms with Crippen molar-refractivity contribution in [1.29, 1.82) is 0 Å². The molecule has 0 spiro atoms. The molecule has 2 heterocycles. The van der Waals surface area contributed by atoms with Crippen LogP contribution in [-0.4, -0.2) is 36.8 Å². The molecule has 2 aromatic carbocycles. The van der Waals surface area contributed by atoms with E-state index in [1.807, 2.05) is 18.2 Å². The van der Waals surface area contributed by atoms with Gasteiger partial charge in [-0.1, -0.05) is 12.1 Å². The Labute approximate surface area is 158 Å². The molecule has 0 saturated carbocycles. The first-order chi connectivity index (χ1) is 13.0. The number of ether oxygens (including phenoxy) is 2. The van der Waals surface area contributed by atoms with Gasteiger partial charge in [0.1, 0.15) is 11.5 Å². The second kappa shape index (κ2) is 8.14. The van der Waals surface area contributed by atoms with Crippen molar-refractivity contribution in [2.24, 2.45) is 0 Å². The average molecular weight is 368 g/mol. The number of hydrogen-bond donors (Lipinski definition) is 3. The first-order valence-electron chi connectivity index (χ1n) is 8.79. The normalized spacial score (nSPS) is 15.4.